The fraction of sp³-hybridized carbons (Fsp3) is 0.259. The highest BCUT2D eigenvalue weighted by Crippen LogP contribution is 2.15. The van der Waals surface area contributed by atoms with Crippen LogP contribution < -0.4 is 5.32 Å². The fourth-order valence-electron chi connectivity index (χ4n) is 3.87. The molecule has 0 saturated carbocycles. The van der Waals surface area contributed by atoms with Crippen LogP contribution in [0.1, 0.15) is 32.8 Å². The molecule has 0 atom stereocenters. The lowest BCUT2D eigenvalue weighted by molar-refractivity contribution is -0.129. The van der Waals surface area contributed by atoms with Gasteiger partial charge in [-0.15, -0.1) is 0 Å². The van der Waals surface area contributed by atoms with Crippen molar-refractivity contribution < 1.29 is 14.0 Å². The second kappa shape index (κ2) is 10.3. The molecule has 2 aromatic carbocycles. The van der Waals surface area contributed by atoms with Crippen LogP contribution in [0.25, 0.3) is 6.08 Å². The maximum atomic E-state index is 13.4. The summed E-state index contributed by atoms with van der Waals surface area (Å²) in [6, 6.07) is 19.4. The van der Waals surface area contributed by atoms with Crippen LogP contribution in [0.4, 0.5) is 0 Å². The van der Waals surface area contributed by atoms with Gasteiger partial charge in [0.15, 0.2) is 0 Å². The second-order valence-corrected chi connectivity index (χ2v) is 8.38. The zero-order valence-electron chi connectivity index (χ0n) is 19.1. The number of hydrogen-bond acceptors (Lipinski definition) is 4. The van der Waals surface area contributed by atoms with E-state index in [4.69, 9.17) is 4.42 Å². The lowest BCUT2D eigenvalue weighted by Crippen LogP contribution is -2.50. The SMILES string of the molecule is Cc1ccc(C(=O)NC(=Cc2ccco2)C(=O)N2CCN(Cc3ccccc3)CC2)cc1C. The summed E-state index contributed by atoms with van der Waals surface area (Å²) < 4.78 is 5.40. The highest BCUT2D eigenvalue weighted by Gasteiger charge is 2.25. The molecule has 1 fully saturated rings. The molecule has 6 nitrogen and oxygen atoms in total. The Morgan fingerprint density at radius 1 is 0.939 bits per heavy atom. The number of benzene rings is 2. The molecule has 3 aromatic rings. The van der Waals surface area contributed by atoms with Gasteiger partial charge >= 0.3 is 0 Å². The number of nitrogens with one attached hydrogen (secondary N) is 1. The highest BCUT2D eigenvalue weighted by molar-refractivity contribution is 6.05. The van der Waals surface area contributed by atoms with Gasteiger partial charge in [0.1, 0.15) is 11.5 Å². The molecule has 1 aliphatic heterocycles. The van der Waals surface area contributed by atoms with Crippen molar-refractivity contribution >= 4 is 17.9 Å². The Kier molecular flexibility index (Phi) is 7.05. The maximum absolute atomic E-state index is 13.4. The maximum Gasteiger partial charge on any atom is 0.270 e. The van der Waals surface area contributed by atoms with Gasteiger partial charge in [0.05, 0.1) is 6.26 Å². The van der Waals surface area contributed by atoms with Crippen molar-refractivity contribution in [2.75, 3.05) is 26.2 Å². The Hall–Kier alpha value is -3.64. The van der Waals surface area contributed by atoms with Gasteiger partial charge in [-0.1, -0.05) is 36.4 Å². The second-order valence-electron chi connectivity index (χ2n) is 8.38. The minimum absolute atomic E-state index is 0.206. The number of furan rings is 1. The minimum atomic E-state index is -0.313. The number of aryl methyl sites for hydroxylation is 2. The summed E-state index contributed by atoms with van der Waals surface area (Å²) in [5.41, 5.74) is 4.13. The normalized spacial score (nSPS) is 14.8. The van der Waals surface area contributed by atoms with Crippen molar-refractivity contribution in [3.8, 4) is 0 Å². The quantitative estimate of drug-likeness (QED) is 0.585. The molecule has 0 aliphatic carbocycles. The van der Waals surface area contributed by atoms with Crippen LogP contribution in [0.15, 0.2) is 77.0 Å². The molecule has 4 rings (SSSR count). The summed E-state index contributed by atoms with van der Waals surface area (Å²) in [6.45, 7) is 7.58. The summed E-state index contributed by atoms with van der Waals surface area (Å²) in [4.78, 5) is 30.4. The first-order valence-electron chi connectivity index (χ1n) is 11.2. The lowest BCUT2D eigenvalue weighted by atomic mass is 10.1. The molecule has 6 heteroatoms. The number of carbonyl (C=O) groups excluding carboxylic acids is 2. The lowest BCUT2D eigenvalue weighted by Gasteiger charge is -2.35. The van der Waals surface area contributed by atoms with Crippen LogP contribution in [0.2, 0.25) is 0 Å². The molecule has 33 heavy (non-hydrogen) atoms. The number of amides is 2. The van der Waals surface area contributed by atoms with E-state index in [9.17, 15) is 9.59 Å². The van der Waals surface area contributed by atoms with Crippen molar-refractivity contribution in [2.24, 2.45) is 0 Å². The van der Waals surface area contributed by atoms with Crippen LogP contribution in [-0.2, 0) is 11.3 Å². The van der Waals surface area contributed by atoms with Gasteiger partial charge in [0.2, 0.25) is 0 Å². The minimum Gasteiger partial charge on any atom is -0.465 e. The molecule has 0 unspecified atom stereocenters. The van der Waals surface area contributed by atoms with Crippen molar-refractivity contribution in [2.45, 2.75) is 20.4 Å². The first kappa shape index (κ1) is 22.6. The predicted octanol–water partition coefficient (Wildman–Crippen LogP) is 4.01. The topological polar surface area (TPSA) is 65.8 Å². The third kappa shape index (κ3) is 5.79. The highest BCUT2D eigenvalue weighted by atomic mass is 16.3. The van der Waals surface area contributed by atoms with Gasteiger partial charge in [-0.25, -0.2) is 0 Å². The fourth-order valence-corrected chi connectivity index (χ4v) is 3.87. The van der Waals surface area contributed by atoms with Gasteiger partial charge < -0.3 is 14.6 Å². The Balaban J connectivity index is 1.45. The molecular weight excluding hydrogens is 414 g/mol. The molecule has 0 radical (unpaired) electrons. The van der Waals surface area contributed by atoms with Crippen LogP contribution in [0.3, 0.4) is 0 Å². The standard InChI is InChI=1S/C27H29N3O3/c1-20-10-11-23(17-21(20)2)26(31)28-25(18-24-9-6-16-33-24)27(32)30-14-12-29(13-15-30)19-22-7-4-3-5-8-22/h3-11,16-18H,12-15,19H2,1-2H3,(H,28,31). The van der Waals surface area contributed by atoms with Gasteiger partial charge in [0, 0.05) is 44.4 Å². The first-order chi connectivity index (χ1) is 16.0. The van der Waals surface area contributed by atoms with Crippen molar-refractivity contribution in [3.63, 3.8) is 0 Å². The Morgan fingerprint density at radius 3 is 2.36 bits per heavy atom. The third-order valence-corrected chi connectivity index (χ3v) is 5.99. The van der Waals surface area contributed by atoms with E-state index in [-0.39, 0.29) is 17.5 Å². The molecule has 1 aliphatic rings. The van der Waals surface area contributed by atoms with Crippen molar-refractivity contribution in [1.82, 2.24) is 15.1 Å². The van der Waals surface area contributed by atoms with E-state index < -0.39 is 0 Å². The Bertz CT molecular complexity index is 1130. The predicted molar refractivity (Wildman–Crippen MR) is 128 cm³/mol. The molecule has 1 saturated heterocycles. The number of nitrogens with zero attached hydrogens (tertiary/aromatic N) is 2. The van der Waals surface area contributed by atoms with E-state index in [1.807, 2.05) is 44.2 Å². The van der Waals surface area contributed by atoms with E-state index in [0.29, 0.717) is 24.4 Å². The van der Waals surface area contributed by atoms with E-state index in [1.165, 1.54) is 5.56 Å². The summed E-state index contributed by atoms with van der Waals surface area (Å²) in [5, 5.41) is 2.82. The van der Waals surface area contributed by atoms with Gasteiger partial charge in [-0.2, -0.15) is 0 Å². The number of carbonyl (C=O) groups is 2. The van der Waals surface area contributed by atoms with Crippen LogP contribution >= 0.6 is 0 Å². The summed E-state index contributed by atoms with van der Waals surface area (Å²) in [5.74, 6) is -0.00337. The zero-order valence-corrected chi connectivity index (χ0v) is 19.1. The number of piperazine rings is 1. The van der Waals surface area contributed by atoms with Crippen LogP contribution in [0.5, 0.6) is 0 Å². The third-order valence-electron chi connectivity index (χ3n) is 5.99. The largest absolute Gasteiger partial charge is 0.465 e. The summed E-state index contributed by atoms with van der Waals surface area (Å²) >= 11 is 0. The van der Waals surface area contributed by atoms with Crippen molar-refractivity contribution in [3.05, 3.63) is 101 Å². The molecular formula is C27H29N3O3. The summed E-state index contributed by atoms with van der Waals surface area (Å²) in [6.07, 6.45) is 3.14. The van der Waals surface area contributed by atoms with Crippen molar-refractivity contribution in [1.29, 1.82) is 0 Å². The van der Waals surface area contributed by atoms with Crippen LogP contribution in [0, 0.1) is 13.8 Å². The number of rotatable bonds is 6. The van der Waals surface area contributed by atoms with E-state index in [1.54, 1.807) is 35.4 Å². The molecule has 2 heterocycles. The van der Waals surface area contributed by atoms with Gasteiger partial charge in [-0.05, 0) is 54.8 Å². The van der Waals surface area contributed by atoms with Crippen LogP contribution in [-0.4, -0.2) is 47.8 Å². The molecule has 2 amide bonds. The monoisotopic (exact) mass is 443 g/mol. The van der Waals surface area contributed by atoms with E-state index in [2.05, 4.69) is 22.3 Å². The Labute approximate surface area is 194 Å². The van der Waals surface area contributed by atoms with E-state index in [0.717, 1.165) is 30.8 Å². The molecule has 0 bridgehead atoms. The average molecular weight is 444 g/mol. The molecule has 170 valence electrons. The smallest absolute Gasteiger partial charge is 0.270 e. The average Bonchev–Trinajstić information content (AvgIpc) is 3.34. The molecule has 0 spiro atoms. The number of hydrogen-bond donors (Lipinski definition) is 1. The first-order valence-corrected chi connectivity index (χ1v) is 11.2. The zero-order chi connectivity index (χ0) is 23.2. The van der Waals surface area contributed by atoms with Gasteiger partial charge in [-0.3, -0.25) is 14.5 Å². The summed E-state index contributed by atoms with van der Waals surface area (Å²) in [7, 11) is 0. The molecule has 1 aromatic heterocycles. The van der Waals surface area contributed by atoms with E-state index >= 15 is 0 Å². The van der Waals surface area contributed by atoms with Gasteiger partial charge in [0.25, 0.3) is 11.8 Å². The Morgan fingerprint density at radius 2 is 1.70 bits per heavy atom. The molecule has 1 N–H and O–H groups in total.